The van der Waals surface area contributed by atoms with Crippen LogP contribution >= 0.6 is 11.8 Å². The van der Waals surface area contributed by atoms with Crippen molar-refractivity contribution >= 4 is 33.2 Å². The zero-order chi connectivity index (χ0) is 21.1. The minimum Gasteiger partial charge on any atom is -0.325 e. The summed E-state index contributed by atoms with van der Waals surface area (Å²) >= 11 is 1.35. The van der Waals surface area contributed by atoms with Crippen molar-refractivity contribution in [2.75, 3.05) is 17.3 Å². The first kappa shape index (κ1) is 20.6. The van der Waals surface area contributed by atoms with E-state index in [2.05, 4.69) is 32.2 Å². The maximum Gasteiger partial charge on any atom is 0.234 e. The summed E-state index contributed by atoms with van der Waals surface area (Å²) in [7, 11) is -3.26. The van der Waals surface area contributed by atoms with Crippen LogP contribution in [-0.4, -0.2) is 41.1 Å². The fourth-order valence-electron chi connectivity index (χ4n) is 3.08. The lowest BCUT2D eigenvalue weighted by atomic mass is 10.2. The van der Waals surface area contributed by atoms with Gasteiger partial charge in [0.15, 0.2) is 15.0 Å². The molecule has 1 aliphatic rings. The highest BCUT2D eigenvalue weighted by molar-refractivity contribution is 7.99. The fourth-order valence-corrected chi connectivity index (χ4v) is 4.45. The molecule has 1 N–H and O–H groups in total. The van der Waals surface area contributed by atoms with Gasteiger partial charge in [0.1, 0.15) is 5.82 Å². The van der Waals surface area contributed by atoms with E-state index in [4.69, 9.17) is 0 Å². The third-order valence-corrected chi connectivity index (χ3v) is 6.87. The third kappa shape index (κ3) is 5.09. The van der Waals surface area contributed by atoms with E-state index in [-0.39, 0.29) is 16.6 Å². The number of carbonyl (C=O) groups is 1. The van der Waals surface area contributed by atoms with Crippen LogP contribution in [0.1, 0.15) is 30.1 Å². The van der Waals surface area contributed by atoms with E-state index >= 15 is 0 Å². The number of hydrogen-bond acceptors (Lipinski definition) is 6. The highest BCUT2D eigenvalue weighted by Gasteiger charge is 2.30. The van der Waals surface area contributed by atoms with Gasteiger partial charge in [0.2, 0.25) is 5.91 Å². The second-order valence-electron chi connectivity index (χ2n) is 7.32. The molecule has 1 amide bonds. The fraction of sp³-hybridized carbons (Fsp3) is 0.286. The number of aromatic nitrogens is 3. The molecule has 7 nitrogen and oxygen atoms in total. The predicted octanol–water partition coefficient (Wildman–Crippen LogP) is 3.34. The van der Waals surface area contributed by atoms with Crippen LogP contribution in [0.4, 0.5) is 5.69 Å². The Morgan fingerprint density at radius 3 is 2.43 bits per heavy atom. The van der Waals surface area contributed by atoms with Crippen molar-refractivity contribution < 1.29 is 13.2 Å². The Morgan fingerprint density at radius 1 is 1.10 bits per heavy atom. The highest BCUT2D eigenvalue weighted by atomic mass is 32.2. The van der Waals surface area contributed by atoms with Gasteiger partial charge in [-0.25, -0.2) is 8.42 Å². The third-order valence-electron chi connectivity index (χ3n) is 4.77. The van der Waals surface area contributed by atoms with Gasteiger partial charge in [-0.3, -0.25) is 4.79 Å². The van der Waals surface area contributed by atoms with Crippen molar-refractivity contribution in [3.63, 3.8) is 0 Å². The smallest absolute Gasteiger partial charge is 0.234 e. The van der Waals surface area contributed by atoms with Crippen molar-refractivity contribution in [3.8, 4) is 0 Å². The van der Waals surface area contributed by atoms with Gasteiger partial charge in [-0.15, -0.1) is 10.2 Å². The van der Waals surface area contributed by atoms with Gasteiger partial charge < -0.3 is 9.88 Å². The first-order valence-electron chi connectivity index (χ1n) is 9.60. The molecule has 4 rings (SSSR count). The Bertz CT molecular complexity index is 1140. The van der Waals surface area contributed by atoms with Crippen LogP contribution in [0.15, 0.2) is 64.6 Å². The summed E-state index contributed by atoms with van der Waals surface area (Å²) in [5, 5.41) is 12.2. The van der Waals surface area contributed by atoms with Crippen molar-refractivity contribution in [3.05, 3.63) is 66.0 Å². The molecule has 2 aromatic carbocycles. The van der Waals surface area contributed by atoms with E-state index in [0.29, 0.717) is 18.2 Å². The lowest BCUT2D eigenvalue weighted by Crippen LogP contribution is -2.15. The largest absolute Gasteiger partial charge is 0.325 e. The lowest BCUT2D eigenvalue weighted by Gasteiger charge is -2.10. The van der Waals surface area contributed by atoms with Gasteiger partial charge in [-0.05, 0) is 42.7 Å². The van der Waals surface area contributed by atoms with Gasteiger partial charge in [0, 0.05) is 17.9 Å². The second-order valence-corrected chi connectivity index (χ2v) is 10.3. The Hall–Kier alpha value is -2.65. The molecule has 0 unspecified atom stereocenters. The molecular weight excluding hydrogens is 420 g/mol. The molecule has 156 valence electrons. The molecular formula is C21H22N4O3S2. The first-order chi connectivity index (χ1) is 14.4. The summed E-state index contributed by atoms with van der Waals surface area (Å²) < 4.78 is 25.2. The Morgan fingerprint density at radius 2 is 1.80 bits per heavy atom. The summed E-state index contributed by atoms with van der Waals surface area (Å²) in [6.45, 7) is 0.677. The standard InChI is InChI=1S/C21H22N4O3S2/c1-30(27,28)18-11-9-17(10-12-18)22-19(26)14-29-21-24-23-20(16-7-8-16)25(21)13-15-5-3-2-4-6-15/h2-6,9-12,16H,7-8,13-14H2,1H3,(H,22,26). The zero-order valence-corrected chi connectivity index (χ0v) is 18.1. The highest BCUT2D eigenvalue weighted by Crippen LogP contribution is 2.40. The van der Waals surface area contributed by atoms with Crippen LogP contribution in [0.3, 0.4) is 0 Å². The summed E-state index contributed by atoms with van der Waals surface area (Å²) in [5.74, 6) is 1.44. The van der Waals surface area contributed by atoms with Crippen molar-refractivity contribution in [1.29, 1.82) is 0 Å². The molecule has 30 heavy (non-hydrogen) atoms. The number of anilines is 1. The molecule has 1 aromatic heterocycles. The summed E-state index contributed by atoms with van der Waals surface area (Å²) in [4.78, 5) is 12.6. The van der Waals surface area contributed by atoms with Crippen molar-refractivity contribution in [2.45, 2.75) is 35.4 Å². The second kappa shape index (κ2) is 8.61. The van der Waals surface area contributed by atoms with Gasteiger partial charge >= 0.3 is 0 Å². The summed E-state index contributed by atoms with van der Waals surface area (Å²) in [5.41, 5.74) is 1.72. The predicted molar refractivity (Wildman–Crippen MR) is 116 cm³/mol. The minimum absolute atomic E-state index is 0.186. The van der Waals surface area contributed by atoms with E-state index in [9.17, 15) is 13.2 Å². The molecule has 0 radical (unpaired) electrons. The number of hydrogen-bond donors (Lipinski definition) is 1. The van der Waals surface area contributed by atoms with Crippen LogP contribution in [0.2, 0.25) is 0 Å². The van der Waals surface area contributed by atoms with Crippen LogP contribution < -0.4 is 5.32 Å². The van der Waals surface area contributed by atoms with E-state index in [1.165, 1.54) is 23.9 Å². The number of thioether (sulfide) groups is 1. The topological polar surface area (TPSA) is 93.9 Å². The number of nitrogens with one attached hydrogen (secondary N) is 1. The van der Waals surface area contributed by atoms with Crippen LogP contribution in [0.5, 0.6) is 0 Å². The maximum absolute atomic E-state index is 12.4. The number of rotatable bonds is 8. The zero-order valence-electron chi connectivity index (χ0n) is 16.5. The number of nitrogens with zero attached hydrogens (tertiary/aromatic N) is 3. The summed E-state index contributed by atoms with van der Waals surface area (Å²) in [6, 6.07) is 16.3. The van der Waals surface area contributed by atoms with Crippen molar-refractivity contribution in [2.24, 2.45) is 0 Å². The molecule has 1 saturated carbocycles. The molecule has 0 spiro atoms. The summed E-state index contributed by atoms with van der Waals surface area (Å²) in [6.07, 6.45) is 3.40. The average Bonchev–Trinajstić information content (AvgIpc) is 3.49. The van der Waals surface area contributed by atoms with E-state index < -0.39 is 9.84 Å². The molecule has 0 bridgehead atoms. The Balaban J connectivity index is 1.41. The maximum atomic E-state index is 12.4. The Labute approximate surface area is 179 Å². The number of sulfone groups is 1. The number of benzene rings is 2. The van der Waals surface area contributed by atoms with Gasteiger partial charge in [-0.1, -0.05) is 42.1 Å². The molecule has 3 aromatic rings. The number of amides is 1. The van der Waals surface area contributed by atoms with Gasteiger partial charge in [0.05, 0.1) is 17.2 Å². The monoisotopic (exact) mass is 442 g/mol. The van der Waals surface area contributed by atoms with Gasteiger partial charge in [0.25, 0.3) is 0 Å². The molecule has 1 aliphatic carbocycles. The van der Waals surface area contributed by atoms with E-state index in [0.717, 1.165) is 35.6 Å². The van der Waals surface area contributed by atoms with E-state index in [1.807, 2.05) is 18.2 Å². The molecule has 0 saturated heterocycles. The molecule has 0 aliphatic heterocycles. The van der Waals surface area contributed by atoms with E-state index in [1.54, 1.807) is 12.1 Å². The quantitative estimate of drug-likeness (QED) is 0.538. The molecule has 1 fully saturated rings. The minimum atomic E-state index is -3.26. The SMILES string of the molecule is CS(=O)(=O)c1ccc(NC(=O)CSc2nnc(C3CC3)n2Cc2ccccc2)cc1. The van der Waals surface area contributed by atoms with Crippen LogP contribution in [0.25, 0.3) is 0 Å². The number of carbonyl (C=O) groups excluding carboxylic acids is 1. The van der Waals surface area contributed by atoms with Crippen molar-refractivity contribution in [1.82, 2.24) is 14.8 Å². The molecule has 1 heterocycles. The first-order valence-corrected chi connectivity index (χ1v) is 12.5. The Kier molecular flexibility index (Phi) is 5.92. The average molecular weight is 443 g/mol. The normalized spacial score (nSPS) is 13.9. The van der Waals surface area contributed by atoms with Crippen LogP contribution in [-0.2, 0) is 21.2 Å². The van der Waals surface area contributed by atoms with Crippen LogP contribution in [0, 0.1) is 0 Å². The molecule has 9 heteroatoms. The lowest BCUT2D eigenvalue weighted by molar-refractivity contribution is -0.113. The molecule has 0 atom stereocenters. The van der Waals surface area contributed by atoms with Gasteiger partial charge in [-0.2, -0.15) is 0 Å².